The Labute approximate surface area is 128 Å². The fraction of sp³-hybridized carbons (Fsp3) is 0.684. The van der Waals surface area contributed by atoms with E-state index in [0.717, 1.165) is 25.9 Å². The topological polar surface area (TPSA) is 35.2 Å². The zero-order valence-corrected chi connectivity index (χ0v) is 12.9. The van der Waals surface area contributed by atoms with E-state index in [0.29, 0.717) is 5.92 Å². The van der Waals surface area contributed by atoms with Crippen molar-refractivity contribution < 1.29 is 4.74 Å². The standard InChI is InChI=1S/C19H27NO/c20-19(12-8-15-6-2-3-7-17(15)19)16-9-13-21-18(14-16)10-4-1-5-11-18/h2-3,6-7,16H,1,4-5,8-14,20H2. The fourth-order valence-corrected chi connectivity index (χ4v) is 5.10. The van der Waals surface area contributed by atoms with Gasteiger partial charge in [-0.05, 0) is 55.6 Å². The molecule has 0 aromatic heterocycles. The molecule has 0 bridgehead atoms. The zero-order valence-electron chi connectivity index (χ0n) is 12.9. The maximum absolute atomic E-state index is 6.98. The molecule has 1 aliphatic heterocycles. The van der Waals surface area contributed by atoms with E-state index in [9.17, 15) is 0 Å². The molecule has 0 radical (unpaired) electrons. The van der Waals surface area contributed by atoms with Gasteiger partial charge in [0.2, 0.25) is 0 Å². The summed E-state index contributed by atoms with van der Waals surface area (Å²) in [5, 5.41) is 0. The van der Waals surface area contributed by atoms with Crippen molar-refractivity contribution in [2.75, 3.05) is 6.61 Å². The molecule has 2 heteroatoms. The van der Waals surface area contributed by atoms with E-state index < -0.39 is 0 Å². The third-order valence-corrected chi connectivity index (χ3v) is 6.31. The monoisotopic (exact) mass is 285 g/mol. The van der Waals surface area contributed by atoms with Crippen LogP contribution in [0.5, 0.6) is 0 Å². The summed E-state index contributed by atoms with van der Waals surface area (Å²) in [7, 11) is 0. The number of ether oxygens (including phenoxy) is 1. The molecule has 114 valence electrons. The zero-order chi connectivity index (χ0) is 14.3. The van der Waals surface area contributed by atoms with Crippen molar-refractivity contribution in [2.24, 2.45) is 11.7 Å². The summed E-state index contributed by atoms with van der Waals surface area (Å²) in [6, 6.07) is 8.84. The molecule has 2 atom stereocenters. The number of hydrogen-bond acceptors (Lipinski definition) is 2. The van der Waals surface area contributed by atoms with Gasteiger partial charge in [-0.15, -0.1) is 0 Å². The number of hydrogen-bond donors (Lipinski definition) is 1. The molecule has 2 unspecified atom stereocenters. The number of benzene rings is 1. The molecule has 1 aromatic rings. The van der Waals surface area contributed by atoms with Gasteiger partial charge in [0.25, 0.3) is 0 Å². The lowest BCUT2D eigenvalue weighted by Gasteiger charge is -2.48. The minimum absolute atomic E-state index is 0.106. The molecule has 3 aliphatic rings. The Hall–Kier alpha value is -0.860. The van der Waals surface area contributed by atoms with Crippen LogP contribution in [0.3, 0.4) is 0 Å². The van der Waals surface area contributed by atoms with Crippen LogP contribution in [0.4, 0.5) is 0 Å². The van der Waals surface area contributed by atoms with Crippen molar-refractivity contribution in [3.63, 3.8) is 0 Å². The minimum Gasteiger partial charge on any atom is -0.375 e. The first kappa shape index (κ1) is 13.8. The second-order valence-corrected chi connectivity index (χ2v) is 7.48. The van der Waals surface area contributed by atoms with Crippen LogP contribution in [0.15, 0.2) is 24.3 Å². The van der Waals surface area contributed by atoms with Crippen LogP contribution in [0.2, 0.25) is 0 Å². The van der Waals surface area contributed by atoms with Crippen LogP contribution in [-0.2, 0) is 16.7 Å². The van der Waals surface area contributed by atoms with E-state index in [1.165, 1.54) is 49.7 Å². The lowest BCUT2D eigenvalue weighted by Crippen LogP contribution is -2.51. The van der Waals surface area contributed by atoms with E-state index >= 15 is 0 Å². The second-order valence-electron chi connectivity index (χ2n) is 7.48. The molecule has 2 N–H and O–H groups in total. The van der Waals surface area contributed by atoms with E-state index in [2.05, 4.69) is 24.3 Å². The molecule has 0 amide bonds. The number of fused-ring (bicyclic) bond motifs is 1. The van der Waals surface area contributed by atoms with Crippen LogP contribution in [0, 0.1) is 5.92 Å². The molecule has 1 aromatic carbocycles. The lowest BCUT2D eigenvalue weighted by molar-refractivity contribution is -0.128. The van der Waals surface area contributed by atoms with Crippen LogP contribution in [-0.4, -0.2) is 12.2 Å². The van der Waals surface area contributed by atoms with Gasteiger partial charge >= 0.3 is 0 Å². The third-order valence-electron chi connectivity index (χ3n) is 6.31. The predicted molar refractivity (Wildman–Crippen MR) is 85.1 cm³/mol. The van der Waals surface area contributed by atoms with Gasteiger partial charge in [-0.1, -0.05) is 43.5 Å². The summed E-state index contributed by atoms with van der Waals surface area (Å²) >= 11 is 0. The molecule has 2 aliphatic carbocycles. The quantitative estimate of drug-likeness (QED) is 0.849. The summed E-state index contributed by atoms with van der Waals surface area (Å²) in [5.74, 6) is 0.591. The number of nitrogens with two attached hydrogens (primary N) is 1. The summed E-state index contributed by atoms with van der Waals surface area (Å²) < 4.78 is 6.27. The average Bonchev–Trinajstić information content (AvgIpc) is 2.87. The highest BCUT2D eigenvalue weighted by molar-refractivity contribution is 5.39. The molecule has 2 fully saturated rings. The molecule has 4 rings (SSSR count). The van der Waals surface area contributed by atoms with E-state index in [-0.39, 0.29) is 11.1 Å². The Morgan fingerprint density at radius 2 is 1.86 bits per heavy atom. The Kier molecular flexibility index (Phi) is 3.35. The van der Waals surface area contributed by atoms with Crippen molar-refractivity contribution in [1.29, 1.82) is 0 Å². The van der Waals surface area contributed by atoms with E-state index in [1.54, 1.807) is 0 Å². The number of aryl methyl sites for hydroxylation is 1. The van der Waals surface area contributed by atoms with Crippen LogP contribution in [0.25, 0.3) is 0 Å². The van der Waals surface area contributed by atoms with E-state index in [4.69, 9.17) is 10.5 Å². The second kappa shape index (κ2) is 5.10. The van der Waals surface area contributed by atoms with Crippen molar-refractivity contribution in [1.82, 2.24) is 0 Å². The maximum Gasteiger partial charge on any atom is 0.0686 e. The van der Waals surface area contributed by atoms with Gasteiger partial charge in [0, 0.05) is 12.1 Å². The summed E-state index contributed by atoms with van der Waals surface area (Å²) in [6.45, 7) is 0.909. The van der Waals surface area contributed by atoms with Crippen LogP contribution >= 0.6 is 0 Å². The maximum atomic E-state index is 6.98. The van der Waals surface area contributed by atoms with Gasteiger partial charge in [-0.2, -0.15) is 0 Å². The highest BCUT2D eigenvalue weighted by Crippen LogP contribution is 2.49. The first-order valence-corrected chi connectivity index (χ1v) is 8.73. The van der Waals surface area contributed by atoms with Crippen LogP contribution < -0.4 is 5.73 Å². The normalized spacial score (nSPS) is 34.8. The molecule has 21 heavy (non-hydrogen) atoms. The largest absolute Gasteiger partial charge is 0.375 e. The Bertz CT molecular complexity index is 515. The highest BCUT2D eigenvalue weighted by Gasteiger charge is 2.48. The molecule has 1 heterocycles. The molecular weight excluding hydrogens is 258 g/mol. The lowest BCUT2D eigenvalue weighted by atomic mass is 9.68. The molecule has 2 nitrogen and oxygen atoms in total. The Morgan fingerprint density at radius 1 is 1.05 bits per heavy atom. The first-order chi connectivity index (χ1) is 10.2. The molecule has 1 saturated carbocycles. The third kappa shape index (κ3) is 2.24. The van der Waals surface area contributed by atoms with Gasteiger partial charge in [-0.3, -0.25) is 0 Å². The van der Waals surface area contributed by atoms with Crippen molar-refractivity contribution in [3.05, 3.63) is 35.4 Å². The highest BCUT2D eigenvalue weighted by atomic mass is 16.5. The summed E-state index contributed by atoms with van der Waals surface area (Å²) in [4.78, 5) is 0. The average molecular weight is 285 g/mol. The van der Waals surface area contributed by atoms with Crippen molar-refractivity contribution in [3.8, 4) is 0 Å². The van der Waals surface area contributed by atoms with Gasteiger partial charge in [-0.25, -0.2) is 0 Å². The summed E-state index contributed by atoms with van der Waals surface area (Å²) in [5.41, 5.74) is 9.93. The molecular formula is C19H27NO. The van der Waals surface area contributed by atoms with Gasteiger partial charge in [0.15, 0.2) is 0 Å². The van der Waals surface area contributed by atoms with Gasteiger partial charge in [0.05, 0.1) is 5.60 Å². The van der Waals surface area contributed by atoms with Gasteiger partial charge in [0.1, 0.15) is 0 Å². The van der Waals surface area contributed by atoms with Crippen molar-refractivity contribution in [2.45, 2.75) is 68.9 Å². The number of rotatable bonds is 1. The smallest absolute Gasteiger partial charge is 0.0686 e. The Morgan fingerprint density at radius 3 is 2.71 bits per heavy atom. The summed E-state index contributed by atoms with van der Waals surface area (Å²) in [6.07, 6.45) is 11.1. The van der Waals surface area contributed by atoms with Crippen LogP contribution in [0.1, 0.15) is 62.5 Å². The molecule has 1 saturated heterocycles. The molecule has 1 spiro atoms. The SMILES string of the molecule is NC1(C2CCOC3(CCCCC3)C2)CCc2ccccc21. The van der Waals surface area contributed by atoms with Gasteiger partial charge < -0.3 is 10.5 Å². The fourth-order valence-electron chi connectivity index (χ4n) is 5.10. The predicted octanol–water partition coefficient (Wildman–Crippen LogP) is 3.92. The Balaban J connectivity index is 1.61. The minimum atomic E-state index is -0.106. The first-order valence-electron chi connectivity index (χ1n) is 8.73. The van der Waals surface area contributed by atoms with E-state index in [1.807, 2.05) is 0 Å². The van der Waals surface area contributed by atoms with Crippen molar-refractivity contribution >= 4 is 0 Å².